The fourth-order valence-electron chi connectivity index (χ4n) is 2.99. The van der Waals surface area contributed by atoms with E-state index in [1.807, 2.05) is 43.3 Å². The molecule has 0 saturated heterocycles. The highest BCUT2D eigenvalue weighted by molar-refractivity contribution is 7.99. The van der Waals surface area contributed by atoms with Crippen molar-refractivity contribution in [3.63, 3.8) is 0 Å². The number of rotatable bonds is 9. The van der Waals surface area contributed by atoms with Crippen LogP contribution < -0.4 is 5.32 Å². The molecule has 0 atom stereocenters. The average molecular weight is 451 g/mol. The number of carbonyl (C=O) groups is 1. The molecule has 9 heteroatoms. The Morgan fingerprint density at radius 3 is 2.35 bits per heavy atom. The summed E-state index contributed by atoms with van der Waals surface area (Å²) < 4.78 is 2.08. The smallest absolute Gasteiger partial charge is 0.236 e. The summed E-state index contributed by atoms with van der Waals surface area (Å²) in [6.07, 6.45) is 1.48. The van der Waals surface area contributed by atoms with Crippen molar-refractivity contribution in [3.8, 4) is 0 Å². The Morgan fingerprint density at radius 2 is 1.68 bits per heavy atom. The van der Waals surface area contributed by atoms with E-state index in [0.717, 1.165) is 28.0 Å². The first-order valence-electron chi connectivity index (χ1n) is 9.96. The van der Waals surface area contributed by atoms with E-state index in [0.29, 0.717) is 18.1 Å². The van der Waals surface area contributed by atoms with Crippen LogP contribution in [0.3, 0.4) is 0 Å². The van der Waals surface area contributed by atoms with Crippen molar-refractivity contribution in [1.82, 2.24) is 25.0 Å². The van der Waals surface area contributed by atoms with Gasteiger partial charge in [-0.25, -0.2) is 0 Å². The lowest BCUT2D eigenvalue weighted by molar-refractivity contribution is -0.113. The van der Waals surface area contributed by atoms with Gasteiger partial charge < -0.3 is 4.57 Å². The van der Waals surface area contributed by atoms with Gasteiger partial charge >= 0.3 is 0 Å². The first-order chi connectivity index (χ1) is 15.2. The monoisotopic (exact) mass is 450 g/mol. The van der Waals surface area contributed by atoms with Crippen molar-refractivity contribution >= 4 is 34.1 Å². The van der Waals surface area contributed by atoms with E-state index in [-0.39, 0.29) is 11.7 Å². The number of amides is 1. The van der Waals surface area contributed by atoms with Gasteiger partial charge in [-0.1, -0.05) is 90.7 Å². The maximum absolute atomic E-state index is 12.4. The van der Waals surface area contributed by atoms with Crippen LogP contribution in [-0.2, 0) is 24.2 Å². The van der Waals surface area contributed by atoms with Gasteiger partial charge in [0.25, 0.3) is 0 Å². The second-order valence-corrected chi connectivity index (χ2v) is 8.83. The molecule has 0 radical (unpaired) electrons. The summed E-state index contributed by atoms with van der Waals surface area (Å²) in [5, 5.41) is 21.8. The van der Waals surface area contributed by atoms with Crippen LogP contribution >= 0.6 is 23.1 Å². The first kappa shape index (κ1) is 21.2. The quantitative estimate of drug-likeness (QED) is 0.387. The average Bonchev–Trinajstić information content (AvgIpc) is 3.41. The van der Waals surface area contributed by atoms with Crippen LogP contribution in [0.15, 0.2) is 65.8 Å². The van der Waals surface area contributed by atoms with E-state index >= 15 is 0 Å². The highest BCUT2D eigenvalue weighted by Gasteiger charge is 2.16. The number of aromatic nitrogens is 5. The van der Waals surface area contributed by atoms with Gasteiger partial charge in [0.05, 0.1) is 12.3 Å². The molecule has 31 heavy (non-hydrogen) atoms. The third kappa shape index (κ3) is 5.77. The zero-order valence-electron chi connectivity index (χ0n) is 17.1. The van der Waals surface area contributed by atoms with Gasteiger partial charge in [-0.2, -0.15) is 0 Å². The van der Waals surface area contributed by atoms with Gasteiger partial charge in [0, 0.05) is 6.42 Å². The molecule has 2 aromatic carbocycles. The summed E-state index contributed by atoms with van der Waals surface area (Å²) >= 11 is 2.77. The van der Waals surface area contributed by atoms with Gasteiger partial charge in [0.2, 0.25) is 11.0 Å². The minimum absolute atomic E-state index is 0.136. The minimum atomic E-state index is -0.136. The van der Waals surface area contributed by atoms with Crippen LogP contribution in [0.25, 0.3) is 0 Å². The van der Waals surface area contributed by atoms with Crippen LogP contribution in [0.2, 0.25) is 0 Å². The highest BCUT2D eigenvalue weighted by Crippen LogP contribution is 2.22. The van der Waals surface area contributed by atoms with Crippen molar-refractivity contribution < 1.29 is 4.79 Å². The Labute approximate surface area is 189 Å². The molecule has 1 N–H and O–H groups in total. The lowest BCUT2D eigenvalue weighted by atomic mass is 10.1. The molecule has 4 rings (SSSR count). The lowest BCUT2D eigenvalue weighted by Gasteiger charge is -2.10. The molecule has 2 heterocycles. The summed E-state index contributed by atoms with van der Waals surface area (Å²) in [5.41, 5.74) is 2.32. The van der Waals surface area contributed by atoms with Crippen molar-refractivity contribution in [2.45, 2.75) is 31.5 Å². The summed E-state index contributed by atoms with van der Waals surface area (Å²) in [7, 11) is 0. The number of hydrogen-bond donors (Lipinski definition) is 1. The summed E-state index contributed by atoms with van der Waals surface area (Å²) in [4.78, 5) is 12.4. The lowest BCUT2D eigenvalue weighted by Crippen LogP contribution is -2.15. The molecule has 1 amide bonds. The highest BCUT2D eigenvalue weighted by atomic mass is 32.2. The normalized spacial score (nSPS) is 10.9. The molecule has 0 saturated carbocycles. The third-order valence-electron chi connectivity index (χ3n) is 4.53. The van der Waals surface area contributed by atoms with Crippen LogP contribution in [0.5, 0.6) is 0 Å². The predicted molar refractivity (Wildman–Crippen MR) is 123 cm³/mol. The summed E-state index contributed by atoms with van der Waals surface area (Å²) in [6.45, 7) is 2.66. The molecule has 0 spiro atoms. The molecule has 0 aliphatic carbocycles. The second-order valence-electron chi connectivity index (χ2n) is 6.82. The Morgan fingerprint density at radius 1 is 0.968 bits per heavy atom. The molecule has 0 aliphatic heterocycles. The van der Waals surface area contributed by atoms with Crippen LogP contribution in [0, 0.1) is 0 Å². The number of hydrogen-bond acceptors (Lipinski definition) is 7. The van der Waals surface area contributed by atoms with E-state index in [1.165, 1.54) is 28.7 Å². The molecule has 2 aromatic heterocycles. The number of aryl methyl sites for hydroxylation is 1. The topological polar surface area (TPSA) is 85.6 Å². The van der Waals surface area contributed by atoms with Crippen LogP contribution in [-0.4, -0.2) is 36.6 Å². The Bertz CT molecular complexity index is 1130. The van der Waals surface area contributed by atoms with Gasteiger partial charge in [0.15, 0.2) is 5.16 Å². The van der Waals surface area contributed by atoms with Gasteiger partial charge in [0.1, 0.15) is 10.8 Å². The maximum atomic E-state index is 12.4. The molecule has 4 aromatic rings. The molecule has 7 nitrogen and oxygen atoms in total. The molecular weight excluding hydrogens is 428 g/mol. The largest absolute Gasteiger partial charge is 0.301 e. The standard InChI is InChI=1S/C22H22N6OS2/c1-2-20-25-26-21(31-20)23-19(29)15-30-22-27-24-18(13-16-9-5-3-6-10-16)28(22)14-17-11-7-4-8-12-17/h3-12H,2,13-15H2,1H3,(H,23,26,29). The van der Waals surface area contributed by atoms with E-state index in [9.17, 15) is 4.79 Å². The molecule has 0 bridgehead atoms. The van der Waals surface area contributed by atoms with E-state index in [1.54, 1.807) is 0 Å². The molecule has 0 aliphatic rings. The number of benzene rings is 2. The number of nitrogens with zero attached hydrogens (tertiary/aromatic N) is 5. The number of anilines is 1. The molecule has 0 fully saturated rings. The second kappa shape index (κ2) is 10.3. The van der Waals surface area contributed by atoms with E-state index in [4.69, 9.17) is 0 Å². The summed E-state index contributed by atoms with van der Waals surface area (Å²) in [6, 6.07) is 20.4. The van der Waals surface area contributed by atoms with Crippen molar-refractivity contribution in [2.75, 3.05) is 11.1 Å². The van der Waals surface area contributed by atoms with Gasteiger partial charge in [-0.05, 0) is 17.5 Å². The van der Waals surface area contributed by atoms with E-state index < -0.39 is 0 Å². The zero-order chi connectivity index (χ0) is 21.5. The summed E-state index contributed by atoms with van der Waals surface area (Å²) in [5.74, 6) is 0.955. The SMILES string of the molecule is CCc1nnc(NC(=O)CSc2nnc(Cc3ccccc3)n2Cc2ccccc2)s1. The third-order valence-corrected chi connectivity index (χ3v) is 6.48. The van der Waals surface area contributed by atoms with Gasteiger partial charge in [-0.3, -0.25) is 10.1 Å². The van der Waals surface area contributed by atoms with E-state index in [2.05, 4.69) is 54.5 Å². The molecular formula is C22H22N6OS2. The van der Waals surface area contributed by atoms with Gasteiger partial charge in [-0.15, -0.1) is 20.4 Å². The Kier molecular flexibility index (Phi) is 7.06. The number of carbonyl (C=O) groups excluding carboxylic acids is 1. The fraction of sp³-hybridized carbons (Fsp3) is 0.227. The Balaban J connectivity index is 1.48. The van der Waals surface area contributed by atoms with Crippen molar-refractivity contribution in [3.05, 3.63) is 82.6 Å². The van der Waals surface area contributed by atoms with Crippen molar-refractivity contribution in [2.24, 2.45) is 0 Å². The number of thioether (sulfide) groups is 1. The minimum Gasteiger partial charge on any atom is -0.301 e. The predicted octanol–water partition coefficient (Wildman–Crippen LogP) is 4.06. The maximum Gasteiger partial charge on any atom is 0.236 e. The molecule has 158 valence electrons. The van der Waals surface area contributed by atoms with Crippen LogP contribution in [0.4, 0.5) is 5.13 Å². The zero-order valence-corrected chi connectivity index (χ0v) is 18.7. The Hall–Kier alpha value is -3.04. The first-order valence-corrected chi connectivity index (χ1v) is 11.8. The number of nitrogens with one attached hydrogen (secondary N) is 1. The molecule has 0 unspecified atom stereocenters. The van der Waals surface area contributed by atoms with Crippen molar-refractivity contribution in [1.29, 1.82) is 0 Å². The van der Waals surface area contributed by atoms with Crippen LogP contribution in [0.1, 0.15) is 28.9 Å². The fourth-order valence-corrected chi connectivity index (χ4v) is 4.44.